The summed E-state index contributed by atoms with van der Waals surface area (Å²) in [6.45, 7) is -0.357. The van der Waals surface area contributed by atoms with Gasteiger partial charge in [0.2, 0.25) is 11.8 Å². The van der Waals surface area contributed by atoms with Crippen LogP contribution in [-0.2, 0) is 14.4 Å². The molecule has 0 radical (unpaired) electrons. The predicted octanol–water partition coefficient (Wildman–Crippen LogP) is 2.09. The van der Waals surface area contributed by atoms with E-state index in [9.17, 15) is 27.6 Å². The molecule has 0 unspecified atom stereocenters. The van der Waals surface area contributed by atoms with Gasteiger partial charge in [-0.2, -0.15) is 0 Å². The molecule has 0 bridgehead atoms. The van der Waals surface area contributed by atoms with E-state index in [-0.39, 0.29) is 43.1 Å². The normalized spacial score (nSPS) is 16.5. The second-order valence-corrected chi connectivity index (χ2v) is 7.65. The molecule has 1 aromatic carbocycles. The van der Waals surface area contributed by atoms with Crippen LogP contribution in [-0.4, -0.2) is 41.0 Å². The minimum atomic E-state index is -4.81. The smallest absolute Gasteiger partial charge is 0.406 e. The summed E-state index contributed by atoms with van der Waals surface area (Å²) >= 11 is 0.962. The van der Waals surface area contributed by atoms with E-state index < -0.39 is 29.5 Å². The summed E-state index contributed by atoms with van der Waals surface area (Å²) in [6, 6.07) is 3.63. The second kappa shape index (κ2) is 7.95. The molecule has 1 heterocycles. The van der Waals surface area contributed by atoms with Crippen LogP contribution in [0.1, 0.15) is 25.7 Å². The van der Waals surface area contributed by atoms with E-state index in [1.807, 2.05) is 0 Å². The lowest BCUT2D eigenvalue weighted by Crippen LogP contribution is -2.56. The van der Waals surface area contributed by atoms with Gasteiger partial charge in [0, 0.05) is 18.9 Å². The molecule has 2 aromatic rings. The second-order valence-electron chi connectivity index (χ2n) is 6.62. The highest BCUT2D eigenvalue weighted by molar-refractivity contribution is 7.22. The number of thiazole rings is 1. The fourth-order valence-corrected chi connectivity index (χ4v) is 3.77. The highest BCUT2D eigenvalue weighted by atomic mass is 32.1. The van der Waals surface area contributed by atoms with Crippen molar-refractivity contribution < 1.29 is 32.3 Å². The van der Waals surface area contributed by atoms with Crippen molar-refractivity contribution in [3.05, 3.63) is 18.2 Å². The highest BCUT2D eigenvalue weighted by Crippen LogP contribution is 2.31. The number of nitrogens with one attached hydrogen (secondary N) is 2. The molecule has 1 aliphatic rings. The number of ketones is 1. The van der Waals surface area contributed by atoms with E-state index in [1.54, 1.807) is 0 Å². The first-order chi connectivity index (χ1) is 13.5. The summed E-state index contributed by atoms with van der Waals surface area (Å²) in [4.78, 5) is 39.7. The first-order valence-corrected chi connectivity index (χ1v) is 9.41. The number of ether oxygens (including phenoxy) is 1. The lowest BCUT2D eigenvalue weighted by Gasteiger charge is -2.31. The van der Waals surface area contributed by atoms with Crippen LogP contribution >= 0.6 is 11.3 Å². The van der Waals surface area contributed by atoms with Gasteiger partial charge in [-0.3, -0.25) is 14.4 Å². The van der Waals surface area contributed by atoms with Crippen LogP contribution in [0.3, 0.4) is 0 Å². The fraction of sp³-hybridized carbons (Fsp3) is 0.412. The number of nitrogens with zero attached hydrogens (tertiary/aromatic N) is 1. The third-order valence-electron chi connectivity index (χ3n) is 4.40. The Morgan fingerprint density at radius 3 is 2.62 bits per heavy atom. The van der Waals surface area contributed by atoms with Crippen LogP contribution in [0.5, 0.6) is 5.75 Å². The van der Waals surface area contributed by atoms with Crippen LogP contribution in [0.2, 0.25) is 0 Å². The molecule has 3 rings (SSSR count). The molecule has 0 atom stereocenters. The van der Waals surface area contributed by atoms with Gasteiger partial charge in [-0.05, 0) is 25.0 Å². The molecule has 0 saturated heterocycles. The number of hydrogen-bond acceptors (Lipinski definition) is 7. The Morgan fingerprint density at radius 2 is 1.97 bits per heavy atom. The van der Waals surface area contributed by atoms with Gasteiger partial charge < -0.3 is 21.1 Å². The topological polar surface area (TPSA) is 123 Å². The van der Waals surface area contributed by atoms with E-state index >= 15 is 0 Å². The Balaban J connectivity index is 1.57. The van der Waals surface area contributed by atoms with Crippen LogP contribution in [0, 0.1) is 0 Å². The monoisotopic (exact) mass is 430 g/mol. The van der Waals surface area contributed by atoms with Crippen molar-refractivity contribution in [2.24, 2.45) is 5.73 Å². The first kappa shape index (κ1) is 21.0. The highest BCUT2D eigenvalue weighted by Gasteiger charge is 2.37. The number of anilines is 1. The Bertz CT molecular complexity index is 950. The molecule has 1 saturated carbocycles. The van der Waals surface area contributed by atoms with E-state index in [2.05, 4.69) is 20.4 Å². The molecular formula is C17H17F3N4O4S. The molecule has 1 fully saturated rings. The van der Waals surface area contributed by atoms with E-state index in [4.69, 9.17) is 5.73 Å². The number of rotatable bonds is 5. The van der Waals surface area contributed by atoms with Crippen molar-refractivity contribution in [2.45, 2.75) is 37.6 Å². The zero-order valence-corrected chi connectivity index (χ0v) is 15.8. The average molecular weight is 430 g/mol. The third-order valence-corrected chi connectivity index (χ3v) is 5.34. The van der Waals surface area contributed by atoms with Gasteiger partial charge in [0.1, 0.15) is 11.5 Å². The molecule has 1 aromatic heterocycles. The number of amides is 2. The van der Waals surface area contributed by atoms with Gasteiger partial charge in [-0.1, -0.05) is 11.3 Å². The molecule has 12 heteroatoms. The Labute approximate surface area is 166 Å². The Hall–Kier alpha value is -2.73. The van der Waals surface area contributed by atoms with Crippen LogP contribution in [0.25, 0.3) is 10.2 Å². The fourth-order valence-electron chi connectivity index (χ4n) is 2.86. The minimum absolute atomic E-state index is 0.0521. The van der Waals surface area contributed by atoms with Crippen molar-refractivity contribution in [1.29, 1.82) is 0 Å². The van der Waals surface area contributed by atoms with Crippen LogP contribution in [0.15, 0.2) is 18.2 Å². The summed E-state index contributed by atoms with van der Waals surface area (Å²) in [5.74, 6) is -1.42. The number of carbonyl (C=O) groups excluding carboxylic acids is 3. The molecule has 8 nitrogen and oxygen atoms in total. The summed E-state index contributed by atoms with van der Waals surface area (Å²) < 4.78 is 41.1. The number of nitrogens with two attached hydrogens (primary N) is 1. The van der Waals surface area contributed by atoms with Crippen molar-refractivity contribution >= 4 is 44.3 Å². The zero-order chi connectivity index (χ0) is 21.2. The van der Waals surface area contributed by atoms with Gasteiger partial charge in [0.25, 0.3) is 0 Å². The largest absolute Gasteiger partial charge is 0.573 e. The summed E-state index contributed by atoms with van der Waals surface area (Å²) in [7, 11) is 0. The molecule has 0 spiro atoms. The number of hydrogen-bond donors (Lipinski definition) is 3. The summed E-state index contributed by atoms with van der Waals surface area (Å²) in [6.07, 6.45) is -3.91. The quantitative estimate of drug-likeness (QED) is 0.668. The van der Waals surface area contributed by atoms with E-state index in [0.717, 1.165) is 17.4 Å². The molecule has 29 heavy (non-hydrogen) atoms. The molecular weight excluding hydrogens is 413 g/mol. The van der Waals surface area contributed by atoms with Crippen molar-refractivity contribution in [3.63, 3.8) is 0 Å². The van der Waals surface area contributed by atoms with Gasteiger partial charge in [0.05, 0.1) is 22.3 Å². The van der Waals surface area contributed by atoms with Gasteiger partial charge in [0.15, 0.2) is 5.13 Å². The van der Waals surface area contributed by atoms with Crippen LogP contribution in [0.4, 0.5) is 18.3 Å². The molecule has 0 aliphatic heterocycles. The number of halogens is 3. The SMILES string of the molecule is NC1(C(=O)NCC(=O)Nc2nc3ccc(OC(F)(F)F)cc3s2)CCC(=O)CC1. The maximum atomic E-state index is 12.3. The number of carbonyl (C=O) groups is 3. The lowest BCUT2D eigenvalue weighted by molar-refractivity contribution is -0.274. The standard InChI is InChI=1S/C17H17F3N4O4S/c18-17(19,20)28-10-1-2-11-12(7-10)29-15(23-11)24-13(26)8-22-14(27)16(21)5-3-9(25)4-6-16/h1-2,7H,3-6,8,21H2,(H,22,27)(H,23,24,26). The van der Waals surface area contributed by atoms with Gasteiger partial charge in [-0.25, -0.2) is 4.98 Å². The van der Waals surface area contributed by atoms with E-state index in [1.165, 1.54) is 12.1 Å². The first-order valence-electron chi connectivity index (χ1n) is 8.59. The van der Waals surface area contributed by atoms with Gasteiger partial charge in [-0.15, -0.1) is 13.2 Å². The van der Waals surface area contributed by atoms with Gasteiger partial charge >= 0.3 is 6.36 Å². The average Bonchev–Trinajstić information content (AvgIpc) is 3.02. The lowest BCUT2D eigenvalue weighted by atomic mass is 9.81. The minimum Gasteiger partial charge on any atom is -0.406 e. The number of alkyl halides is 3. The number of aromatic nitrogens is 1. The molecule has 1 aliphatic carbocycles. The maximum Gasteiger partial charge on any atom is 0.573 e. The third kappa shape index (κ3) is 5.41. The number of fused-ring (bicyclic) bond motifs is 1. The maximum absolute atomic E-state index is 12.3. The summed E-state index contributed by atoms with van der Waals surface area (Å²) in [5.41, 5.74) is 5.22. The number of Topliss-reactive ketones (excluding diaryl/α,β-unsaturated/α-hetero) is 1. The van der Waals surface area contributed by atoms with Crippen LogP contribution < -0.4 is 21.1 Å². The number of benzene rings is 1. The Kier molecular flexibility index (Phi) is 5.75. The Morgan fingerprint density at radius 1 is 1.28 bits per heavy atom. The van der Waals surface area contributed by atoms with Crippen molar-refractivity contribution in [2.75, 3.05) is 11.9 Å². The van der Waals surface area contributed by atoms with E-state index in [0.29, 0.717) is 10.2 Å². The predicted molar refractivity (Wildman–Crippen MR) is 98.3 cm³/mol. The van der Waals surface area contributed by atoms with Crippen molar-refractivity contribution in [1.82, 2.24) is 10.3 Å². The summed E-state index contributed by atoms with van der Waals surface area (Å²) in [5, 5.41) is 5.07. The molecule has 2 amide bonds. The van der Waals surface area contributed by atoms with Crippen molar-refractivity contribution in [3.8, 4) is 5.75 Å². The molecule has 156 valence electrons. The zero-order valence-electron chi connectivity index (χ0n) is 15.0. The molecule has 4 N–H and O–H groups in total.